The SMILES string of the molecule is O=C(COC(=O)c1cccc2ccccc12)NN1C(=O)NC2(CCCCC2)C1=O. The number of nitrogens with one attached hydrogen (secondary N) is 2. The number of nitrogens with zero attached hydrogens (tertiary/aromatic N) is 1. The second kappa shape index (κ2) is 7.54. The number of imide groups is 1. The first-order valence-corrected chi connectivity index (χ1v) is 9.61. The maximum atomic E-state index is 12.7. The molecular formula is C21H21N3O5. The van der Waals surface area contributed by atoms with E-state index in [0.29, 0.717) is 28.8 Å². The molecule has 0 aromatic heterocycles. The molecule has 1 saturated heterocycles. The summed E-state index contributed by atoms with van der Waals surface area (Å²) in [7, 11) is 0. The van der Waals surface area contributed by atoms with Crippen LogP contribution in [0.4, 0.5) is 4.79 Å². The second-order valence-corrected chi connectivity index (χ2v) is 7.35. The van der Waals surface area contributed by atoms with E-state index in [1.54, 1.807) is 18.2 Å². The standard InChI is InChI=1S/C21H21N3O5/c25-17(23-24-19(27)21(22-20(24)28)11-4-1-5-12-21)13-29-18(26)16-10-6-8-14-7-2-3-9-15(14)16/h2-3,6-10H,1,4-5,11-13H2,(H,22,28)(H,23,25). The van der Waals surface area contributed by atoms with Gasteiger partial charge in [0.25, 0.3) is 11.8 Å². The lowest BCUT2D eigenvalue weighted by molar-refractivity contribution is -0.140. The molecule has 2 N–H and O–H groups in total. The molecule has 2 fully saturated rings. The van der Waals surface area contributed by atoms with E-state index in [1.165, 1.54) is 0 Å². The Kier molecular flexibility index (Phi) is 4.92. The van der Waals surface area contributed by atoms with Crippen molar-refractivity contribution in [3.63, 3.8) is 0 Å². The number of rotatable bonds is 4. The fourth-order valence-corrected chi connectivity index (χ4v) is 3.99. The van der Waals surface area contributed by atoms with Gasteiger partial charge < -0.3 is 10.1 Å². The summed E-state index contributed by atoms with van der Waals surface area (Å²) in [6.45, 7) is -0.605. The van der Waals surface area contributed by atoms with Gasteiger partial charge in [0, 0.05) is 0 Å². The average Bonchev–Trinajstić information content (AvgIpc) is 2.96. The molecule has 1 aliphatic heterocycles. The Morgan fingerprint density at radius 1 is 1.03 bits per heavy atom. The fraction of sp³-hybridized carbons (Fsp3) is 0.333. The van der Waals surface area contributed by atoms with Crippen LogP contribution in [0.5, 0.6) is 0 Å². The van der Waals surface area contributed by atoms with Gasteiger partial charge in [0.15, 0.2) is 6.61 Å². The van der Waals surface area contributed by atoms with Crippen LogP contribution in [0.2, 0.25) is 0 Å². The first-order valence-electron chi connectivity index (χ1n) is 9.61. The summed E-state index contributed by atoms with van der Waals surface area (Å²) >= 11 is 0. The maximum absolute atomic E-state index is 12.7. The zero-order chi connectivity index (χ0) is 20.4. The van der Waals surface area contributed by atoms with Gasteiger partial charge in [-0.15, -0.1) is 0 Å². The Bertz CT molecular complexity index is 991. The van der Waals surface area contributed by atoms with Crippen LogP contribution in [0.25, 0.3) is 10.8 Å². The molecule has 1 spiro atoms. The minimum Gasteiger partial charge on any atom is -0.452 e. The van der Waals surface area contributed by atoms with Crippen LogP contribution in [0.15, 0.2) is 42.5 Å². The van der Waals surface area contributed by atoms with Crippen LogP contribution in [-0.2, 0) is 14.3 Å². The summed E-state index contributed by atoms with van der Waals surface area (Å²) in [4.78, 5) is 49.4. The number of carbonyl (C=O) groups excluding carboxylic acids is 4. The second-order valence-electron chi connectivity index (χ2n) is 7.35. The van der Waals surface area contributed by atoms with Crippen molar-refractivity contribution in [3.05, 3.63) is 48.0 Å². The molecule has 150 valence electrons. The molecule has 1 heterocycles. The third-order valence-corrected chi connectivity index (χ3v) is 5.45. The highest BCUT2D eigenvalue weighted by atomic mass is 16.5. The number of fused-ring (bicyclic) bond motifs is 1. The molecule has 8 heteroatoms. The van der Waals surface area contributed by atoms with Crippen LogP contribution in [0.1, 0.15) is 42.5 Å². The quantitative estimate of drug-likeness (QED) is 0.610. The van der Waals surface area contributed by atoms with E-state index in [2.05, 4.69) is 10.7 Å². The molecule has 8 nitrogen and oxygen atoms in total. The van der Waals surface area contributed by atoms with E-state index in [1.807, 2.05) is 24.3 Å². The van der Waals surface area contributed by atoms with Crippen LogP contribution >= 0.6 is 0 Å². The summed E-state index contributed by atoms with van der Waals surface area (Å²) in [6, 6.07) is 11.9. The Morgan fingerprint density at radius 2 is 1.76 bits per heavy atom. The lowest BCUT2D eigenvalue weighted by atomic mass is 9.82. The van der Waals surface area contributed by atoms with Crippen LogP contribution in [0, 0.1) is 0 Å². The van der Waals surface area contributed by atoms with E-state index in [4.69, 9.17) is 4.74 Å². The van der Waals surface area contributed by atoms with Gasteiger partial charge in [-0.05, 0) is 29.7 Å². The number of ether oxygens (including phenoxy) is 1. The molecule has 2 aromatic carbocycles. The maximum Gasteiger partial charge on any atom is 0.344 e. The Balaban J connectivity index is 1.38. The number of hydrogen-bond donors (Lipinski definition) is 2. The van der Waals surface area contributed by atoms with E-state index < -0.39 is 36.0 Å². The van der Waals surface area contributed by atoms with E-state index in [9.17, 15) is 19.2 Å². The molecule has 4 rings (SSSR count). The summed E-state index contributed by atoms with van der Waals surface area (Å²) in [5, 5.41) is 4.99. The molecule has 29 heavy (non-hydrogen) atoms. The van der Waals surface area contributed by atoms with E-state index in [-0.39, 0.29) is 0 Å². The lowest BCUT2D eigenvalue weighted by Gasteiger charge is -2.30. The molecule has 0 unspecified atom stereocenters. The highest BCUT2D eigenvalue weighted by Gasteiger charge is 2.52. The molecular weight excluding hydrogens is 374 g/mol. The van der Waals surface area contributed by atoms with E-state index >= 15 is 0 Å². The zero-order valence-electron chi connectivity index (χ0n) is 15.8. The van der Waals surface area contributed by atoms with Gasteiger partial charge in [-0.1, -0.05) is 55.7 Å². The topological polar surface area (TPSA) is 105 Å². The van der Waals surface area contributed by atoms with Gasteiger partial charge in [-0.25, -0.2) is 9.59 Å². The van der Waals surface area contributed by atoms with Crippen molar-refractivity contribution in [2.45, 2.75) is 37.6 Å². The normalized spacial score (nSPS) is 18.0. The van der Waals surface area contributed by atoms with Crippen molar-refractivity contribution in [2.75, 3.05) is 6.61 Å². The lowest BCUT2D eigenvalue weighted by Crippen LogP contribution is -2.51. The van der Waals surface area contributed by atoms with Crippen LogP contribution in [-0.4, -0.2) is 41.0 Å². The number of benzene rings is 2. The molecule has 1 saturated carbocycles. The van der Waals surface area contributed by atoms with Crippen molar-refractivity contribution in [3.8, 4) is 0 Å². The molecule has 0 atom stereocenters. The molecule has 4 amide bonds. The smallest absolute Gasteiger partial charge is 0.344 e. The molecule has 0 bridgehead atoms. The summed E-state index contributed by atoms with van der Waals surface area (Å²) in [5.41, 5.74) is 1.66. The summed E-state index contributed by atoms with van der Waals surface area (Å²) < 4.78 is 5.10. The minimum absolute atomic E-state index is 0.340. The monoisotopic (exact) mass is 395 g/mol. The van der Waals surface area contributed by atoms with Crippen molar-refractivity contribution >= 4 is 34.6 Å². The Morgan fingerprint density at radius 3 is 2.55 bits per heavy atom. The van der Waals surface area contributed by atoms with Gasteiger partial charge in [-0.3, -0.25) is 15.0 Å². The number of hydrogen-bond acceptors (Lipinski definition) is 5. The molecule has 2 aliphatic rings. The Hall–Kier alpha value is -3.42. The molecule has 0 radical (unpaired) electrons. The number of esters is 1. The first-order chi connectivity index (χ1) is 14.0. The number of urea groups is 1. The van der Waals surface area contributed by atoms with Gasteiger partial charge in [0.2, 0.25) is 0 Å². The van der Waals surface area contributed by atoms with Gasteiger partial charge in [-0.2, -0.15) is 5.01 Å². The largest absolute Gasteiger partial charge is 0.452 e. The third kappa shape index (κ3) is 3.53. The average molecular weight is 395 g/mol. The predicted molar refractivity (Wildman–Crippen MR) is 104 cm³/mol. The van der Waals surface area contributed by atoms with Crippen molar-refractivity contribution in [2.24, 2.45) is 0 Å². The highest BCUT2D eigenvalue weighted by Crippen LogP contribution is 2.33. The fourth-order valence-electron chi connectivity index (χ4n) is 3.99. The highest BCUT2D eigenvalue weighted by molar-refractivity contribution is 6.08. The number of carbonyl (C=O) groups is 4. The van der Waals surface area contributed by atoms with Crippen LogP contribution < -0.4 is 10.7 Å². The first kappa shape index (κ1) is 18.9. The summed E-state index contributed by atoms with van der Waals surface area (Å²) in [5.74, 6) is -1.87. The third-order valence-electron chi connectivity index (χ3n) is 5.45. The number of amides is 4. The predicted octanol–water partition coefficient (Wildman–Crippen LogP) is 2.28. The number of hydrazine groups is 1. The summed E-state index contributed by atoms with van der Waals surface area (Å²) in [6.07, 6.45) is 3.81. The van der Waals surface area contributed by atoms with Crippen LogP contribution in [0.3, 0.4) is 0 Å². The van der Waals surface area contributed by atoms with Gasteiger partial charge in [0.1, 0.15) is 5.54 Å². The van der Waals surface area contributed by atoms with Crippen molar-refractivity contribution < 1.29 is 23.9 Å². The zero-order valence-corrected chi connectivity index (χ0v) is 15.8. The van der Waals surface area contributed by atoms with Gasteiger partial charge >= 0.3 is 12.0 Å². The van der Waals surface area contributed by atoms with E-state index in [0.717, 1.165) is 24.6 Å². The molecule has 1 aliphatic carbocycles. The van der Waals surface area contributed by atoms with Crippen molar-refractivity contribution in [1.29, 1.82) is 0 Å². The van der Waals surface area contributed by atoms with Crippen molar-refractivity contribution in [1.82, 2.24) is 15.8 Å². The Labute approximate surface area is 167 Å². The minimum atomic E-state index is -0.928. The molecule has 2 aromatic rings. The van der Waals surface area contributed by atoms with Gasteiger partial charge in [0.05, 0.1) is 5.56 Å².